The first-order valence-electron chi connectivity index (χ1n) is 12.0. The Morgan fingerprint density at radius 1 is 0.600 bits per heavy atom. The first kappa shape index (κ1) is 17.8. The molecule has 4 heterocycles. The van der Waals surface area contributed by atoms with E-state index in [2.05, 4.69) is 70.0 Å². The molecule has 2 aliphatic rings. The number of hydrogen-bond donors (Lipinski definition) is 0. The summed E-state index contributed by atoms with van der Waals surface area (Å²) in [6, 6.07) is 24.5. The van der Waals surface area contributed by atoms with Gasteiger partial charge in [0.15, 0.2) is 0 Å². The van der Waals surface area contributed by atoms with Gasteiger partial charge in [-0.3, -0.25) is 9.38 Å². The van der Waals surface area contributed by atoms with Gasteiger partial charge in [-0.25, -0.2) is 9.97 Å². The van der Waals surface area contributed by atoms with Gasteiger partial charge in [-0.15, -0.1) is 0 Å². The van der Waals surface area contributed by atoms with Crippen molar-refractivity contribution in [1.82, 2.24) is 19.4 Å². The highest BCUT2D eigenvalue weighted by atomic mass is 15.1. The predicted molar refractivity (Wildman–Crippen MR) is 140 cm³/mol. The van der Waals surface area contributed by atoms with Gasteiger partial charge in [-0.2, -0.15) is 0 Å². The van der Waals surface area contributed by atoms with Gasteiger partial charge in [0.25, 0.3) is 0 Å². The van der Waals surface area contributed by atoms with Gasteiger partial charge in [0.05, 0.1) is 11.0 Å². The molecule has 35 heavy (non-hydrogen) atoms. The van der Waals surface area contributed by atoms with Crippen molar-refractivity contribution in [1.29, 1.82) is 0 Å². The van der Waals surface area contributed by atoms with Crippen LogP contribution in [0.4, 0.5) is 0 Å². The number of aromatic nitrogens is 4. The van der Waals surface area contributed by atoms with Crippen molar-refractivity contribution in [2.75, 3.05) is 0 Å². The summed E-state index contributed by atoms with van der Waals surface area (Å²) in [4.78, 5) is 14.3. The third kappa shape index (κ3) is 2.20. The van der Waals surface area contributed by atoms with Crippen LogP contribution in [0.15, 0.2) is 85.3 Å². The van der Waals surface area contributed by atoms with E-state index in [1.54, 1.807) is 0 Å². The summed E-state index contributed by atoms with van der Waals surface area (Å²) in [6.07, 6.45) is 7.59. The van der Waals surface area contributed by atoms with Crippen LogP contribution >= 0.6 is 0 Å². The fourth-order valence-corrected chi connectivity index (χ4v) is 6.38. The maximum Gasteiger partial charge on any atom is 0.149 e. The summed E-state index contributed by atoms with van der Waals surface area (Å²) < 4.78 is 2.22. The van der Waals surface area contributed by atoms with Gasteiger partial charge in [0, 0.05) is 29.4 Å². The third-order valence-corrected chi connectivity index (χ3v) is 7.92. The molecule has 0 spiro atoms. The first-order valence-corrected chi connectivity index (χ1v) is 12.0. The highest BCUT2D eigenvalue weighted by molar-refractivity contribution is 6.12. The van der Waals surface area contributed by atoms with Gasteiger partial charge < -0.3 is 0 Å². The molecule has 4 nitrogen and oxygen atoms in total. The van der Waals surface area contributed by atoms with Crippen LogP contribution in [0.25, 0.3) is 60.7 Å². The molecule has 0 amide bonds. The van der Waals surface area contributed by atoms with Gasteiger partial charge in [0.1, 0.15) is 11.3 Å². The number of hydrogen-bond acceptors (Lipinski definition) is 3. The van der Waals surface area contributed by atoms with Crippen LogP contribution in [0.1, 0.15) is 22.3 Å². The molecule has 0 saturated heterocycles. The van der Waals surface area contributed by atoms with Crippen LogP contribution < -0.4 is 0 Å². The highest BCUT2D eigenvalue weighted by Crippen LogP contribution is 2.46. The molecule has 0 unspecified atom stereocenters. The number of pyridine rings is 3. The first-order chi connectivity index (χ1) is 17.3. The summed E-state index contributed by atoms with van der Waals surface area (Å²) in [7, 11) is 0. The van der Waals surface area contributed by atoms with Crippen molar-refractivity contribution in [3.05, 3.63) is 108 Å². The maximum atomic E-state index is 5.13. The van der Waals surface area contributed by atoms with E-state index < -0.39 is 0 Å². The van der Waals surface area contributed by atoms with E-state index >= 15 is 0 Å². The Labute approximate surface area is 200 Å². The van der Waals surface area contributed by atoms with Crippen molar-refractivity contribution in [3.63, 3.8) is 0 Å². The zero-order chi connectivity index (χ0) is 22.7. The lowest BCUT2D eigenvalue weighted by Crippen LogP contribution is -1.94. The lowest BCUT2D eigenvalue weighted by atomic mass is 9.98. The van der Waals surface area contributed by atoms with E-state index in [4.69, 9.17) is 9.97 Å². The molecule has 0 atom stereocenters. The molecule has 162 valence electrons. The summed E-state index contributed by atoms with van der Waals surface area (Å²) >= 11 is 0. The Bertz CT molecular complexity index is 2070. The van der Waals surface area contributed by atoms with Gasteiger partial charge in [-0.05, 0) is 105 Å². The van der Waals surface area contributed by atoms with E-state index in [0.29, 0.717) is 0 Å². The summed E-state index contributed by atoms with van der Waals surface area (Å²) in [5, 5.41) is 3.31. The zero-order valence-corrected chi connectivity index (χ0v) is 18.8. The fourth-order valence-electron chi connectivity index (χ4n) is 6.38. The summed E-state index contributed by atoms with van der Waals surface area (Å²) in [5.74, 6) is 0. The van der Waals surface area contributed by atoms with Crippen LogP contribution in [0.2, 0.25) is 0 Å². The standard InChI is InChI=1S/C31H18N4/c1-2-5-21-17(4-1)10-18-13-25-19(12-24(18)21)11-20-14-29-28(15-26(20)25)34-31-27-16-32-9-7-22(27)23-6-3-8-33-30(23)35(29)31/h1-9,12-16H,10-11H2. The van der Waals surface area contributed by atoms with Crippen LogP contribution in [0, 0.1) is 0 Å². The van der Waals surface area contributed by atoms with Gasteiger partial charge in [0.2, 0.25) is 0 Å². The highest BCUT2D eigenvalue weighted by Gasteiger charge is 2.26. The van der Waals surface area contributed by atoms with Crippen LogP contribution in [0.5, 0.6) is 0 Å². The molecule has 0 fully saturated rings. The van der Waals surface area contributed by atoms with Crippen molar-refractivity contribution < 1.29 is 0 Å². The SMILES string of the molecule is c1ccc2c(c1)Cc1cc3c(cc1-2)Cc1cc2c(cc1-3)nc1c3cnccc3c3cccnc3n21. The Morgan fingerprint density at radius 2 is 1.40 bits per heavy atom. The van der Waals surface area contributed by atoms with E-state index in [1.807, 2.05) is 24.7 Å². The summed E-state index contributed by atoms with van der Waals surface area (Å²) in [6.45, 7) is 0. The average Bonchev–Trinajstić information content (AvgIpc) is 3.57. The Balaban J connectivity index is 1.33. The van der Waals surface area contributed by atoms with Crippen molar-refractivity contribution in [2.24, 2.45) is 0 Å². The lowest BCUT2D eigenvalue weighted by molar-refractivity contribution is 1.22. The number of fused-ring (bicyclic) bond motifs is 14. The largest absolute Gasteiger partial charge is 0.276 e. The Morgan fingerprint density at radius 3 is 2.34 bits per heavy atom. The molecule has 9 rings (SSSR count). The molecule has 0 bridgehead atoms. The van der Waals surface area contributed by atoms with Crippen LogP contribution in [0.3, 0.4) is 0 Å². The quantitative estimate of drug-likeness (QED) is 0.243. The summed E-state index contributed by atoms with van der Waals surface area (Å²) in [5.41, 5.74) is 15.1. The third-order valence-electron chi connectivity index (χ3n) is 7.92. The second-order valence-corrected chi connectivity index (χ2v) is 9.74. The fraction of sp³-hybridized carbons (Fsp3) is 0.0645. The van der Waals surface area contributed by atoms with Gasteiger partial charge in [-0.1, -0.05) is 24.3 Å². The molecule has 4 heteroatoms. The molecule has 0 saturated carbocycles. The normalized spacial score (nSPS) is 13.5. The molecule has 0 radical (unpaired) electrons. The second kappa shape index (κ2) is 6.10. The number of imidazole rings is 1. The Hall–Kier alpha value is -4.57. The number of rotatable bonds is 0. The smallest absolute Gasteiger partial charge is 0.149 e. The monoisotopic (exact) mass is 446 g/mol. The molecule has 3 aromatic carbocycles. The predicted octanol–water partition coefficient (Wildman–Crippen LogP) is 6.73. The maximum absolute atomic E-state index is 5.13. The lowest BCUT2D eigenvalue weighted by Gasteiger charge is -2.08. The molecule has 7 aromatic rings. The average molecular weight is 447 g/mol. The van der Waals surface area contributed by atoms with E-state index in [-0.39, 0.29) is 0 Å². The molecule has 4 aromatic heterocycles. The van der Waals surface area contributed by atoms with Crippen LogP contribution in [-0.4, -0.2) is 19.4 Å². The zero-order valence-electron chi connectivity index (χ0n) is 18.8. The van der Waals surface area contributed by atoms with Gasteiger partial charge >= 0.3 is 0 Å². The minimum Gasteiger partial charge on any atom is -0.276 e. The van der Waals surface area contributed by atoms with E-state index in [9.17, 15) is 0 Å². The molecular formula is C31H18N4. The van der Waals surface area contributed by atoms with E-state index in [1.165, 1.54) is 44.5 Å². The molecule has 0 aliphatic heterocycles. The number of benzene rings is 3. The number of nitrogens with zero attached hydrogens (tertiary/aromatic N) is 4. The molecule has 0 N–H and O–H groups in total. The topological polar surface area (TPSA) is 43.1 Å². The van der Waals surface area contributed by atoms with Crippen molar-refractivity contribution in [3.8, 4) is 22.3 Å². The van der Waals surface area contributed by atoms with Crippen LogP contribution in [-0.2, 0) is 12.8 Å². The second-order valence-electron chi connectivity index (χ2n) is 9.74. The Kier molecular flexibility index (Phi) is 3.11. The minimum absolute atomic E-state index is 0.919. The van der Waals surface area contributed by atoms with E-state index in [0.717, 1.165) is 51.3 Å². The van der Waals surface area contributed by atoms with Crippen molar-refractivity contribution >= 4 is 38.5 Å². The minimum atomic E-state index is 0.919. The van der Waals surface area contributed by atoms with Crippen molar-refractivity contribution in [2.45, 2.75) is 12.8 Å². The molecular weight excluding hydrogens is 428 g/mol. The molecule has 2 aliphatic carbocycles.